The first-order chi connectivity index (χ1) is 8.67. The molecule has 0 unspecified atom stereocenters. The fraction of sp³-hybridized carbons (Fsp3) is 0.231. The van der Waals surface area contributed by atoms with Gasteiger partial charge in [-0.15, -0.1) is 0 Å². The van der Waals surface area contributed by atoms with Crippen molar-refractivity contribution in [2.24, 2.45) is 0 Å². The van der Waals surface area contributed by atoms with Gasteiger partial charge < -0.3 is 4.74 Å². The molecule has 1 aromatic heterocycles. The average molecular weight is 283 g/mol. The lowest BCUT2D eigenvalue weighted by Gasteiger charge is -2.12. The first kappa shape index (κ1) is 13.1. The third-order valence-electron chi connectivity index (χ3n) is 2.66. The first-order valence-corrected chi connectivity index (χ1v) is 6.26. The maximum Gasteiger partial charge on any atom is 0.136 e. The number of rotatable bonds is 3. The van der Waals surface area contributed by atoms with Gasteiger partial charge in [0.1, 0.15) is 17.2 Å². The van der Waals surface area contributed by atoms with Crippen LogP contribution in [0.15, 0.2) is 24.5 Å². The van der Waals surface area contributed by atoms with E-state index < -0.39 is 0 Å². The third kappa shape index (κ3) is 2.42. The molecule has 3 nitrogen and oxygen atoms in total. The molecular weight excluding hydrogens is 271 g/mol. The van der Waals surface area contributed by atoms with Crippen molar-refractivity contribution in [1.29, 1.82) is 0 Å². The van der Waals surface area contributed by atoms with E-state index in [1.54, 1.807) is 13.2 Å². The van der Waals surface area contributed by atoms with Crippen LogP contribution in [0.25, 0.3) is 11.3 Å². The van der Waals surface area contributed by atoms with Gasteiger partial charge in [0.25, 0.3) is 0 Å². The highest BCUT2D eigenvalue weighted by molar-refractivity contribution is 6.31. The van der Waals surface area contributed by atoms with Gasteiger partial charge in [-0.2, -0.15) is 0 Å². The Kier molecular flexibility index (Phi) is 4.04. The average Bonchev–Trinajstić information content (AvgIpc) is 2.38. The lowest BCUT2D eigenvalue weighted by molar-refractivity contribution is 0.416. The molecule has 1 aromatic carbocycles. The number of aromatic nitrogens is 2. The van der Waals surface area contributed by atoms with E-state index in [1.165, 1.54) is 6.33 Å². The number of nitrogens with zero attached hydrogens (tertiary/aromatic N) is 2. The zero-order valence-electron chi connectivity index (χ0n) is 10.1. The molecular formula is C13H12Cl2N2O. The molecule has 2 aromatic rings. The van der Waals surface area contributed by atoms with Gasteiger partial charge in [-0.05, 0) is 24.6 Å². The summed E-state index contributed by atoms with van der Waals surface area (Å²) in [6.45, 7) is 2.01. The second-order valence-electron chi connectivity index (χ2n) is 3.69. The summed E-state index contributed by atoms with van der Waals surface area (Å²) < 4.78 is 5.33. The molecule has 0 bridgehead atoms. The van der Waals surface area contributed by atoms with Gasteiger partial charge in [-0.25, -0.2) is 9.97 Å². The molecule has 0 spiro atoms. The van der Waals surface area contributed by atoms with E-state index >= 15 is 0 Å². The minimum absolute atomic E-state index is 0.463. The summed E-state index contributed by atoms with van der Waals surface area (Å²) in [5, 5.41) is 1.09. The molecule has 0 N–H and O–H groups in total. The molecule has 0 saturated carbocycles. The van der Waals surface area contributed by atoms with E-state index in [1.807, 2.05) is 19.1 Å². The molecule has 0 aliphatic carbocycles. The molecule has 2 rings (SSSR count). The van der Waals surface area contributed by atoms with Crippen molar-refractivity contribution >= 4 is 23.2 Å². The Morgan fingerprint density at radius 3 is 2.67 bits per heavy atom. The molecule has 94 valence electrons. The summed E-state index contributed by atoms with van der Waals surface area (Å²) in [6, 6.07) is 5.41. The zero-order valence-corrected chi connectivity index (χ0v) is 11.6. The Balaban J connectivity index is 2.68. The largest absolute Gasteiger partial charge is 0.496 e. The van der Waals surface area contributed by atoms with Crippen molar-refractivity contribution in [1.82, 2.24) is 9.97 Å². The molecule has 1 heterocycles. The van der Waals surface area contributed by atoms with Crippen LogP contribution < -0.4 is 4.74 Å². The highest BCUT2D eigenvalue weighted by atomic mass is 35.5. The van der Waals surface area contributed by atoms with Crippen LogP contribution in [-0.4, -0.2) is 17.1 Å². The molecule has 0 fully saturated rings. The summed E-state index contributed by atoms with van der Waals surface area (Å²) in [7, 11) is 1.61. The van der Waals surface area contributed by atoms with Crippen LogP contribution >= 0.6 is 23.2 Å². The van der Waals surface area contributed by atoms with Crippen LogP contribution in [0.2, 0.25) is 10.2 Å². The quantitative estimate of drug-likeness (QED) is 0.798. The Labute approximate surface area is 116 Å². The second kappa shape index (κ2) is 5.55. The molecule has 0 amide bonds. The van der Waals surface area contributed by atoms with Crippen LogP contribution in [0.3, 0.4) is 0 Å². The smallest absolute Gasteiger partial charge is 0.136 e. The van der Waals surface area contributed by atoms with Crippen molar-refractivity contribution in [3.8, 4) is 17.0 Å². The maximum absolute atomic E-state index is 6.09. The van der Waals surface area contributed by atoms with Crippen LogP contribution in [0.1, 0.15) is 12.5 Å². The second-order valence-corrected chi connectivity index (χ2v) is 4.48. The summed E-state index contributed by atoms with van der Waals surface area (Å²) in [5.74, 6) is 0.712. The molecule has 0 saturated heterocycles. The van der Waals surface area contributed by atoms with E-state index in [0.29, 0.717) is 15.9 Å². The fourth-order valence-corrected chi connectivity index (χ4v) is 2.24. The number of ether oxygens (including phenoxy) is 1. The molecule has 0 atom stereocenters. The van der Waals surface area contributed by atoms with Crippen LogP contribution in [0, 0.1) is 0 Å². The zero-order chi connectivity index (χ0) is 13.1. The Morgan fingerprint density at radius 2 is 2.00 bits per heavy atom. The fourth-order valence-electron chi connectivity index (χ4n) is 1.80. The van der Waals surface area contributed by atoms with Gasteiger partial charge in [0.2, 0.25) is 0 Å². The molecule has 18 heavy (non-hydrogen) atoms. The number of benzene rings is 1. The summed E-state index contributed by atoms with van der Waals surface area (Å²) in [6.07, 6.45) is 2.18. The van der Waals surface area contributed by atoms with E-state index in [9.17, 15) is 0 Å². The predicted molar refractivity (Wildman–Crippen MR) is 73.4 cm³/mol. The normalized spacial score (nSPS) is 10.4. The van der Waals surface area contributed by atoms with Crippen molar-refractivity contribution in [2.75, 3.05) is 7.11 Å². The topological polar surface area (TPSA) is 35.0 Å². The Hall–Kier alpha value is -1.32. The lowest BCUT2D eigenvalue weighted by Crippen LogP contribution is -1.97. The SMILES string of the molecule is CCc1c(Cl)ncnc1-c1cc(Cl)ccc1OC. The monoisotopic (exact) mass is 282 g/mol. The lowest BCUT2D eigenvalue weighted by atomic mass is 10.0. The van der Waals surface area contributed by atoms with Gasteiger partial charge in [0.15, 0.2) is 0 Å². The maximum atomic E-state index is 6.09. The molecule has 0 aliphatic heterocycles. The first-order valence-electron chi connectivity index (χ1n) is 5.50. The van der Waals surface area contributed by atoms with Gasteiger partial charge in [-0.3, -0.25) is 0 Å². The van der Waals surface area contributed by atoms with Crippen molar-refractivity contribution in [3.05, 3.63) is 40.3 Å². The van der Waals surface area contributed by atoms with Gasteiger partial charge in [0, 0.05) is 16.1 Å². The van der Waals surface area contributed by atoms with E-state index in [0.717, 1.165) is 23.2 Å². The van der Waals surface area contributed by atoms with Crippen molar-refractivity contribution in [2.45, 2.75) is 13.3 Å². The highest BCUT2D eigenvalue weighted by Crippen LogP contribution is 2.34. The predicted octanol–water partition coefficient (Wildman–Crippen LogP) is 4.02. The highest BCUT2D eigenvalue weighted by Gasteiger charge is 2.14. The Morgan fingerprint density at radius 1 is 1.22 bits per heavy atom. The minimum atomic E-state index is 0.463. The van der Waals surface area contributed by atoms with Gasteiger partial charge >= 0.3 is 0 Å². The molecule has 5 heteroatoms. The number of hydrogen-bond acceptors (Lipinski definition) is 3. The van der Waals surface area contributed by atoms with E-state index in [4.69, 9.17) is 27.9 Å². The van der Waals surface area contributed by atoms with Gasteiger partial charge in [0.05, 0.1) is 12.8 Å². The van der Waals surface area contributed by atoms with Gasteiger partial charge in [-0.1, -0.05) is 30.1 Å². The van der Waals surface area contributed by atoms with Crippen molar-refractivity contribution < 1.29 is 4.74 Å². The molecule has 0 radical (unpaired) electrons. The van der Waals surface area contributed by atoms with E-state index in [2.05, 4.69) is 9.97 Å². The Bertz CT molecular complexity index is 573. The van der Waals surface area contributed by atoms with E-state index in [-0.39, 0.29) is 0 Å². The number of hydrogen-bond donors (Lipinski definition) is 0. The van der Waals surface area contributed by atoms with Crippen LogP contribution in [0.4, 0.5) is 0 Å². The minimum Gasteiger partial charge on any atom is -0.496 e. The number of methoxy groups -OCH3 is 1. The van der Waals surface area contributed by atoms with Crippen LogP contribution in [0.5, 0.6) is 5.75 Å². The summed E-state index contributed by atoms with van der Waals surface area (Å²) in [5.41, 5.74) is 2.47. The molecule has 0 aliphatic rings. The van der Waals surface area contributed by atoms with Crippen LogP contribution in [-0.2, 0) is 6.42 Å². The third-order valence-corrected chi connectivity index (χ3v) is 3.22. The summed E-state index contributed by atoms with van der Waals surface area (Å²) in [4.78, 5) is 8.29. The van der Waals surface area contributed by atoms with Crippen molar-refractivity contribution in [3.63, 3.8) is 0 Å². The number of halogens is 2. The standard InChI is InChI=1S/C13H12Cl2N2O/c1-3-9-12(16-7-17-13(9)15)10-6-8(14)4-5-11(10)18-2/h4-7H,3H2,1-2H3. The summed E-state index contributed by atoms with van der Waals surface area (Å²) >= 11 is 12.1.